The summed E-state index contributed by atoms with van der Waals surface area (Å²) in [6, 6.07) is 21.2. The van der Waals surface area contributed by atoms with Gasteiger partial charge in [0.15, 0.2) is 0 Å². The van der Waals surface area contributed by atoms with Crippen molar-refractivity contribution in [1.29, 1.82) is 5.26 Å². The number of nitriles is 1. The summed E-state index contributed by atoms with van der Waals surface area (Å²) in [5.74, 6) is 0.358. The van der Waals surface area contributed by atoms with Gasteiger partial charge in [-0.1, -0.05) is 24.3 Å². The Morgan fingerprint density at radius 1 is 1.04 bits per heavy atom. The molecule has 0 fully saturated rings. The third-order valence-electron chi connectivity index (χ3n) is 4.02. The minimum atomic E-state index is -0.482. The van der Waals surface area contributed by atoms with Crippen LogP contribution in [0.25, 0.3) is 11.6 Å². The molecule has 3 aromatic rings. The molecule has 0 saturated heterocycles. The molecule has 0 aliphatic rings. The van der Waals surface area contributed by atoms with Crippen LogP contribution in [-0.2, 0) is 6.61 Å². The summed E-state index contributed by atoms with van der Waals surface area (Å²) in [6.45, 7) is 0.321. The molecule has 6 heteroatoms. The average molecular weight is 374 g/mol. The maximum absolute atomic E-state index is 12.9. The summed E-state index contributed by atoms with van der Waals surface area (Å²) in [7, 11) is 0. The zero-order chi connectivity index (χ0) is 19.9. The number of halogens is 1. The lowest BCUT2D eigenvalue weighted by Crippen LogP contribution is -1.95. The van der Waals surface area contributed by atoms with Crippen LogP contribution in [0, 0.1) is 27.3 Å². The van der Waals surface area contributed by atoms with Gasteiger partial charge in [-0.15, -0.1) is 0 Å². The van der Waals surface area contributed by atoms with E-state index in [1.165, 1.54) is 24.3 Å². The van der Waals surface area contributed by atoms with Crippen LogP contribution >= 0.6 is 0 Å². The maximum atomic E-state index is 12.9. The van der Waals surface area contributed by atoms with Crippen LogP contribution in [0.15, 0.2) is 72.8 Å². The van der Waals surface area contributed by atoms with Gasteiger partial charge < -0.3 is 4.74 Å². The van der Waals surface area contributed by atoms with Gasteiger partial charge in [-0.3, -0.25) is 10.1 Å². The van der Waals surface area contributed by atoms with Gasteiger partial charge in [-0.05, 0) is 59.2 Å². The predicted octanol–water partition coefficient (Wildman–Crippen LogP) is 5.38. The highest BCUT2D eigenvalue weighted by Gasteiger charge is 2.07. The summed E-state index contributed by atoms with van der Waals surface area (Å²) in [5.41, 5.74) is 2.63. The zero-order valence-corrected chi connectivity index (χ0v) is 14.7. The Balaban J connectivity index is 1.69. The Hall–Kier alpha value is -3.98. The molecule has 0 atom stereocenters. The Labute approximate surface area is 161 Å². The van der Waals surface area contributed by atoms with Crippen LogP contribution < -0.4 is 4.74 Å². The lowest BCUT2D eigenvalue weighted by molar-refractivity contribution is -0.384. The van der Waals surface area contributed by atoms with Gasteiger partial charge in [0.05, 0.1) is 16.6 Å². The molecule has 138 valence electrons. The van der Waals surface area contributed by atoms with Crippen LogP contribution in [0.3, 0.4) is 0 Å². The molecule has 3 aromatic carbocycles. The molecule has 0 N–H and O–H groups in total. The number of benzene rings is 3. The minimum Gasteiger partial charge on any atom is -0.489 e. The Bertz CT molecular complexity index is 1040. The Morgan fingerprint density at radius 3 is 2.25 bits per heavy atom. The van der Waals surface area contributed by atoms with E-state index in [-0.39, 0.29) is 11.5 Å². The second kappa shape index (κ2) is 8.60. The van der Waals surface area contributed by atoms with Crippen molar-refractivity contribution in [3.63, 3.8) is 0 Å². The topological polar surface area (TPSA) is 76.2 Å². The van der Waals surface area contributed by atoms with Gasteiger partial charge >= 0.3 is 0 Å². The lowest BCUT2D eigenvalue weighted by atomic mass is 10.0. The molecular formula is C22H15FN2O3. The fourth-order valence-corrected chi connectivity index (χ4v) is 2.52. The highest BCUT2D eigenvalue weighted by Crippen LogP contribution is 2.22. The number of rotatable bonds is 6. The Morgan fingerprint density at radius 2 is 1.68 bits per heavy atom. The molecule has 0 saturated carbocycles. The van der Waals surface area contributed by atoms with Crippen molar-refractivity contribution in [2.24, 2.45) is 0 Å². The fourth-order valence-electron chi connectivity index (χ4n) is 2.52. The molecule has 0 aromatic heterocycles. The maximum Gasteiger partial charge on any atom is 0.269 e. The quantitative estimate of drug-likeness (QED) is 0.251. The third-order valence-corrected chi connectivity index (χ3v) is 4.02. The minimum absolute atomic E-state index is 0.0244. The summed E-state index contributed by atoms with van der Waals surface area (Å²) >= 11 is 0. The van der Waals surface area contributed by atoms with E-state index in [0.29, 0.717) is 23.5 Å². The van der Waals surface area contributed by atoms with Crippen LogP contribution in [0.4, 0.5) is 10.1 Å². The standard InChI is InChI=1S/C22H15FN2O3/c23-20-7-1-17(2-8-20)15-28-22-11-3-16(4-12-22)13-19(14-24)18-5-9-21(10-6-18)25(26)27/h1-13H,15H2. The number of nitro groups is 1. The van der Waals surface area contributed by atoms with E-state index in [2.05, 4.69) is 6.07 Å². The van der Waals surface area contributed by atoms with Gasteiger partial charge in [0.2, 0.25) is 0 Å². The van der Waals surface area contributed by atoms with Crippen molar-refractivity contribution >= 4 is 17.3 Å². The van der Waals surface area contributed by atoms with Crippen molar-refractivity contribution < 1.29 is 14.1 Å². The molecule has 0 aliphatic heterocycles. The lowest BCUT2D eigenvalue weighted by Gasteiger charge is -2.07. The normalized spacial score (nSPS) is 10.9. The van der Waals surface area contributed by atoms with Gasteiger partial charge in [-0.2, -0.15) is 5.26 Å². The zero-order valence-electron chi connectivity index (χ0n) is 14.7. The van der Waals surface area contributed by atoms with Gasteiger partial charge in [-0.25, -0.2) is 4.39 Å². The second-order valence-corrected chi connectivity index (χ2v) is 5.96. The number of hydrogen-bond donors (Lipinski definition) is 0. The number of nitro benzene ring substituents is 1. The van der Waals surface area contributed by atoms with Crippen molar-refractivity contribution in [3.8, 4) is 11.8 Å². The SMILES string of the molecule is N#CC(=Cc1ccc(OCc2ccc(F)cc2)cc1)c1ccc([N+](=O)[O-])cc1. The molecule has 28 heavy (non-hydrogen) atoms. The van der Waals surface area contributed by atoms with Crippen LogP contribution in [0.5, 0.6) is 5.75 Å². The number of nitrogens with zero attached hydrogens (tertiary/aromatic N) is 2. The summed E-state index contributed by atoms with van der Waals surface area (Å²) in [5, 5.41) is 20.1. The predicted molar refractivity (Wildman–Crippen MR) is 104 cm³/mol. The van der Waals surface area contributed by atoms with Gasteiger partial charge in [0.1, 0.15) is 18.2 Å². The number of hydrogen-bond acceptors (Lipinski definition) is 4. The molecule has 0 amide bonds. The van der Waals surface area contributed by atoms with E-state index in [4.69, 9.17) is 4.74 Å². The molecule has 0 bridgehead atoms. The van der Waals surface area contributed by atoms with Gasteiger partial charge in [0.25, 0.3) is 5.69 Å². The van der Waals surface area contributed by atoms with Crippen molar-refractivity contribution in [2.75, 3.05) is 0 Å². The number of allylic oxidation sites excluding steroid dienone is 1. The highest BCUT2D eigenvalue weighted by molar-refractivity contribution is 5.89. The van der Waals surface area contributed by atoms with E-state index in [1.54, 1.807) is 42.5 Å². The largest absolute Gasteiger partial charge is 0.489 e. The van der Waals surface area contributed by atoms with Crippen molar-refractivity contribution in [2.45, 2.75) is 6.61 Å². The first-order valence-electron chi connectivity index (χ1n) is 8.39. The third kappa shape index (κ3) is 4.80. The van der Waals surface area contributed by atoms with Crippen LogP contribution in [-0.4, -0.2) is 4.92 Å². The first-order valence-corrected chi connectivity index (χ1v) is 8.39. The Kier molecular flexibility index (Phi) is 5.78. The summed E-state index contributed by atoms with van der Waals surface area (Å²) < 4.78 is 18.6. The molecule has 0 unspecified atom stereocenters. The van der Waals surface area contributed by atoms with E-state index < -0.39 is 4.92 Å². The molecule has 0 spiro atoms. The van der Waals surface area contributed by atoms with E-state index in [0.717, 1.165) is 11.1 Å². The van der Waals surface area contributed by atoms with Crippen molar-refractivity contribution in [3.05, 3.63) is 105 Å². The first-order chi connectivity index (χ1) is 13.5. The molecular weight excluding hydrogens is 359 g/mol. The molecule has 5 nitrogen and oxygen atoms in total. The average Bonchev–Trinajstić information content (AvgIpc) is 2.72. The molecule has 0 heterocycles. The fraction of sp³-hybridized carbons (Fsp3) is 0.0455. The molecule has 3 rings (SSSR count). The second-order valence-electron chi connectivity index (χ2n) is 5.96. The number of non-ortho nitro benzene ring substituents is 1. The van der Waals surface area contributed by atoms with E-state index in [1.807, 2.05) is 12.1 Å². The molecule has 0 radical (unpaired) electrons. The van der Waals surface area contributed by atoms with Crippen LogP contribution in [0.1, 0.15) is 16.7 Å². The van der Waals surface area contributed by atoms with Gasteiger partial charge in [0, 0.05) is 12.1 Å². The first kappa shape index (κ1) is 18.8. The monoisotopic (exact) mass is 374 g/mol. The van der Waals surface area contributed by atoms with E-state index in [9.17, 15) is 19.8 Å². The summed E-state index contributed by atoms with van der Waals surface area (Å²) in [6.07, 6.45) is 1.70. The summed E-state index contributed by atoms with van der Waals surface area (Å²) in [4.78, 5) is 10.2. The molecule has 0 aliphatic carbocycles. The van der Waals surface area contributed by atoms with Crippen LogP contribution in [0.2, 0.25) is 0 Å². The smallest absolute Gasteiger partial charge is 0.269 e. The highest BCUT2D eigenvalue weighted by atomic mass is 19.1. The van der Waals surface area contributed by atoms with Crippen molar-refractivity contribution in [1.82, 2.24) is 0 Å². The number of ether oxygens (including phenoxy) is 1. The van der Waals surface area contributed by atoms with E-state index >= 15 is 0 Å².